The highest BCUT2D eigenvalue weighted by Gasteiger charge is 2.28. The van der Waals surface area contributed by atoms with Crippen molar-refractivity contribution in [2.75, 3.05) is 13.2 Å². The molecule has 0 amide bonds. The van der Waals surface area contributed by atoms with Gasteiger partial charge in [0.1, 0.15) is 12.4 Å². The molecule has 18 heavy (non-hydrogen) atoms. The van der Waals surface area contributed by atoms with E-state index in [-0.39, 0.29) is 6.61 Å². The zero-order valence-corrected chi connectivity index (χ0v) is 11.1. The lowest BCUT2D eigenvalue weighted by molar-refractivity contribution is -0.325. The number of halogens is 4. The lowest BCUT2D eigenvalue weighted by Crippen LogP contribution is -2.18. The Labute approximate surface area is 111 Å². The van der Waals surface area contributed by atoms with Crippen molar-refractivity contribution in [3.05, 3.63) is 28.2 Å². The predicted molar refractivity (Wildman–Crippen MR) is 62.3 cm³/mol. The first kappa shape index (κ1) is 15.3. The van der Waals surface area contributed by atoms with Crippen LogP contribution in [0.5, 0.6) is 5.75 Å². The number of aliphatic hydroxyl groups excluding tert-OH is 1. The Morgan fingerprint density at radius 1 is 1.33 bits per heavy atom. The van der Waals surface area contributed by atoms with Crippen molar-refractivity contribution in [1.29, 1.82) is 0 Å². The van der Waals surface area contributed by atoms with Crippen LogP contribution in [0, 0.1) is 0 Å². The van der Waals surface area contributed by atoms with Crippen molar-refractivity contribution < 1.29 is 27.8 Å². The largest absolute Gasteiger partial charge is 0.522 e. The van der Waals surface area contributed by atoms with E-state index in [1.807, 2.05) is 0 Å². The van der Waals surface area contributed by atoms with Crippen LogP contribution in [0.3, 0.4) is 0 Å². The molecule has 102 valence electrons. The highest BCUT2D eigenvalue weighted by atomic mass is 79.9. The van der Waals surface area contributed by atoms with Crippen LogP contribution in [-0.4, -0.2) is 24.7 Å². The Kier molecular flexibility index (Phi) is 5.43. The molecule has 0 aliphatic carbocycles. The Bertz CT molecular complexity index is 394. The Morgan fingerprint density at radius 3 is 2.56 bits per heavy atom. The molecule has 1 atom stereocenters. The highest BCUT2D eigenvalue weighted by molar-refractivity contribution is 9.10. The first-order valence-electron chi connectivity index (χ1n) is 5.10. The SMILES string of the molecule is CC(O)c1ccc(Br)cc1OCCOC(F)(F)F. The van der Waals surface area contributed by atoms with E-state index in [2.05, 4.69) is 20.7 Å². The van der Waals surface area contributed by atoms with Crippen molar-refractivity contribution in [3.8, 4) is 5.75 Å². The van der Waals surface area contributed by atoms with Crippen LogP contribution >= 0.6 is 15.9 Å². The average Bonchev–Trinajstić information content (AvgIpc) is 2.22. The van der Waals surface area contributed by atoms with Crippen LogP contribution in [0.1, 0.15) is 18.6 Å². The standard InChI is InChI=1S/C11H12BrF3O3/c1-7(16)9-3-2-8(12)6-10(9)17-4-5-18-11(13,14)15/h2-3,6-7,16H,4-5H2,1H3. The molecule has 0 aliphatic heterocycles. The van der Waals surface area contributed by atoms with E-state index < -0.39 is 19.1 Å². The molecule has 0 saturated carbocycles. The van der Waals surface area contributed by atoms with Crippen molar-refractivity contribution in [1.82, 2.24) is 0 Å². The van der Waals surface area contributed by atoms with Crippen molar-refractivity contribution >= 4 is 15.9 Å². The topological polar surface area (TPSA) is 38.7 Å². The second kappa shape index (κ2) is 6.40. The summed E-state index contributed by atoms with van der Waals surface area (Å²) in [6.07, 6.45) is -5.43. The van der Waals surface area contributed by atoms with E-state index in [1.54, 1.807) is 25.1 Å². The number of ether oxygens (including phenoxy) is 2. The van der Waals surface area contributed by atoms with Crippen LogP contribution in [0.4, 0.5) is 13.2 Å². The second-order valence-electron chi connectivity index (χ2n) is 3.50. The summed E-state index contributed by atoms with van der Waals surface area (Å²) in [4.78, 5) is 0. The van der Waals surface area contributed by atoms with Gasteiger partial charge in [-0.1, -0.05) is 22.0 Å². The fraction of sp³-hybridized carbons (Fsp3) is 0.455. The number of aliphatic hydroxyl groups is 1. The van der Waals surface area contributed by atoms with Crippen molar-refractivity contribution in [2.24, 2.45) is 0 Å². The summed E-state index contributed by atoms with van der Waals surface area (Å²) >= 11 is 3.21. The van der Waals surface area contributed by atoms with Crippen LogP contribution in [-0.2, 0) is 4.74 Å². The van der Waals surface area contributed by atoms with Gasteiger partial charge in [0.15, 0.2) is 0 Å². The minimum absolute atomic E-state index is 0.254. The number of hydrogen-bond acceptors (Lipinski definition) is 3. The molecule has 0 saturated heterocycles. The predicted octanol–water partition coefficient (Wildman–Crippen LogP) is 3.42. The van der Waals surface area contributed by atoms with Crippen LogP contribution in [0.2, 0.25) is 0 Å². The van der Waals surface area contributed by atoms with E-state index in [0.717, 1.165) is 0 Å². The Morgan fingerprint density at radius 2 is 2.00 bits per heavy atom. The van der Waals surface area contributed by atoms with E-state index in [4.69, 9.17) is 4.74 Å². The molecular weight excluding hydrogens is 317 g/mol. The third kappa shape index (κ3) is 5.24. The van der Waals surface area contributed by atoms with Gasteiger partial charge in [-0.2, -0.15) is 0 Å². The smallest absolute Gasteiger partial charge is 0.491 e. The summed E-state index contributed by atoms with van der Waals surface area (Å²) < 4.78 is 44.6. The van der Waals surface area contributed by atoms with Gasteiger partial charge in [-0.05, 0) is 19.1 Å². The molecule has 3 nitrogen and oxygen atoms in total. The summed E-state index contributed by atoms with van der Waals surface area (Å²) in [6, 6.07) is 4.92. The molecule has 1 aromatic carbocycles. The molecule has 0 aliphatic rings. The van der Waals surface area contributed by atoms with E-state index in [0.29, 0.717) is 15.8 Å². The maximum absolute atomic E-state index is 11.7. The molecule has 1 rings (SSSR count). The normalized spacial score (nSPS) is 13.4. The molecule has 1 N–H and O–H groups in total. The van der Waals surface area contributed by atoms with E-state index in [9.17, 15) is 18.3 Å². The van der Waals surface area contributed by atoms with Crippen LogP contribution in [0.25, 0.3) is 0 Å². The van der Waals surface area contributed by atoms with Gasteiger partial charge in [0.05, 0.1) is 12.7 Å². The number of benzene rings is 1. The van der Waals surface area contributed by atoms with E-state index >= 15 is 0 Å². The quantitative estimate of drug-likeness (QED) is 0.842. The second-order valence-corrected chi connectivity index (χ2v) is 4.42. The zero-order chi connectivity index (χ0) is 13.8. The minimum Gasteiger partial charge on any atom is -0.491 e. The van der Waals surface area contributed by atoms with Crippen molar-refractivity contribution in [2.45, 2.75) is 19.4 Å². The average molecular weight is 329 g/mol. The molecule has 0 spiro atoms. The summed E-state index contributed by atoms with van der Waals surface area (Å²) in [7, 11) is 0. The summed E-state index contributed by atoms with van der Waals surface area (Å²) in [5, 5.41) is 9.47. The minimum atomic E-state index is -4.66. The summed E-state index contributed by atoms with van der Waals surface area (Å²) in [5.74, 6) is 0.324. The number of rotatable bonds is 5. The fourth-order valence-corrected chi connectivity index (χ4v) is 1.63. The molecule has 0 heterocycles. The molecule has 0 radical (unpaired) electrons. The van der Waals surface area contributed by atoms with Gasteiger partial charge in [-0.25, -0.2) is 0 Å². The third-order valence-electron chi connectivity index (χ3n) is 2.03. The first-order valence-corrected chi connectivity index (χ1v) is 5.90. The van der Waals surface area contributed by atoms with Gasteiger partial charge in [0.2, 0.25) is 0 Å². The van der Waals surface area contributed by atoms with Crippen molar-refractivity contribution in [3.63, 3.8) is 0 Å². The zero-order valence-electron chi connectivity index (χ0n) is 9.50. The summed E-state index contributed by atoms with van der Waals surface area (Å²) in [6.45, 7) is 0.688. The monoisotopic (exact) mass is 328 g/mol. The maximum Gasteiger partial charge on any atom is 0.522 e. The molecular formula is C11H12BrF3O3. The summed E-state index contributed by atoms with van der Waals surface area (Å²) in [5.41, 5.74) is 0.505. The van der Waals surface area contributed by atoms with Gasteiger partial charge in [0.25, 0.3) is 0 Å². The first-order chi connectivity index (χ1) is 8.29. The van der Waals surface area contributed by atoms with Crippen LogP contribution in [0.15, 0.2) is 22.7 Å². The molecule has 1 unspecified atom stereocenters. The lowest BCUT2D eigenvalue weighted by atomic mass is 10.1. The molecule has 7 heteroatoms. The van der Waals surface area contributed by atoms with Gasteiger partial charge in [0, 0.05) is 10.0 Å². The Balaban J connectivity index is 2.58. The van der Waals surface area contributed by atoms with Crippen LogP contribution < -0.4 is 4.74 Å². The number of hydrogen-bond donors (Lipinski definition) is 1. The van der Waals surface area contributed by atoms with Gasteiger partial charge in [-0.15, -0.1) is 13.2 Å². The van der Waals surface area contributed by atoms with Gasteiger partial charge < -0.3 is 9.84 Å². The Hall–Kier alpha value is -0.790. The third-order valence-corrected chi connectivity index (χ3v) is 2.53. The van der Waals surface area contributed by atoms with E-state index in [1.165, 1.54) is 0 Å². The molecule has 0 fully saturated rings. The lowest BCUT2D eigenvalue weighted by Gasteiger charge is -2.14. The van der Waals surface area contributed by atoms with Gasteiger partial charge in [-0.3, -0.25) is 4.74 Å². The van der Waals surface area contributed by atoms with Gasteiger partial charge >= 0.3 is 6.36 Å². The molecule has 0 aromatic heterocycles. The number of alkyl halides is 3. The fourth-order valence-electron chi connectivity index (χ4n) is 1.29. The molecule has 1 aromatic rings. The molecule has 0 bridgehead atoms. The maximum atomic E-state index is 11.7. The highest BCUT2D eigenvalue weighted by Crippen LogP contribution is 2.28.